The van der Waals surface area contributed by atoms with Crippen LogP contribution in [-0.4, -0.2) is 11.2 Å². The van der Waals surface area contributed by atoms with Gasteiger partial charge in [-0.05, 0) is 23.7 Å². The molecule has 102 valence electrons. The second-order valence-electron chi connectivity index (χ2n) is 6.83. The molecule has 0 aliphatic carbocycles. The van der Waals surface area contributed by atoms with Crippen LogP contribution in [0.15, 0.2) is 0 Å². The first-order chi connectivity index (χ1) is 7.64. The predicted molar refractivity (Wildman–Crippen MR) is 69.6 cm³/mol. The number of unbranched alkanes of at least 4 members (excludes halogenated alkanes) is 1. The number of carbonyl (C=O) groups excluding carboxylic acids is 1. The Balaban J connectivity index is 4.81. The molecule has 0 spiro atoms. The van der Waals surface area contributed by atoms with Gasteiger partial charge in [-0.3, -0.25) is 0 Å². The maximum absolute atomic E-state index is 11.7. The van der Waals surface area contributed by atoms with Crippen molar-refractivity contribution in [3.05, 3.63) is 0 Å². The first-order valence-electron chi connectivity index (χ1n) is 6.49. The Kier molecular flexibility index (Phi) is 6.17. The number of hydrogen-bond acceptors (Lipinski definition) is 3. The third kappa shape index (κ3) is 6.06. The van der Waals surface area contributed by atoms with E-state index in [0.29, 0.717) is 0 Å². The highest BCUT2D eigenvalue weighted by atomic mass is 17.1. The maximum Gasteiger partial charge on any atom is 0.345 e. The summed E-state index contributed by atoms with van der Waals surface area (Å²) in [6, 6.07) is 0. The molecule has 0 aliphatic rings. The summed E-state index contributed by atoms with van der Waals surface area (Å²) in [4.78, 5) is 15.6. The molecule has 0 saturated carbocycles. The molecule has 17 heavy (non-hydrogen) atoms. The molecule has 0 aromatic rings. The molecular weight excluding hydrogens is 216 g/mol. The number of hydrogen-bond donors (Lipinski definition) is 1. The van der Waals surface area contributed by atoms with E-state index in [9.17, 15) is 4.79 Å². The van der Waals surface area contributed by atoms with Crippen molar-refractivity contribution in [2.24, 2.45) is 16.7 Å². The van der Waals surface area contributed by atoms with Crippen molar-refractivity contribution in [1.82, 2.24) is 0 Å². The average Bonchev–Trinajstić information content (AvgIpc) is 2.13. The minimum atomic E-state index is -0.493. The second-order valence-corrected chi connectivity index (χ2v) is 6.83. The van der Waals surface area contributed by atoms with Crippen molar-refractivity contribution in [2.45, 2.75) is 67.2 Å². The lowest BCUT2D eigenvalue weighted by Crippen LogP contribution is -2.35. The fourth-order valence-corrected chi connectivity index (χ4v) is 2.79. The molecule has 0 aromatic carbocycles. The van der Waals surface area contributed by atoms with Gasteiger partial charge < -0.3 is 4.89 Å². The Bertz CT molecular complexity index is 238. The highest BCUT2D eigenvalue weighted by Gasteiger charge is 2.38. The van der Waals surface area contributed by atoms with Crippen LogP contribution in [0.25, 0.3) is 0 Å². The van der Waals surface area contributed by atoms with Gasteiger partial charge in [0, 0.05) is 0 Å². The Hall–Kier alpha value is -0.570. The lowest BCUT2D eigenvalue weighted by molar-refractivity contribution is -0.243. The molecule has 0 heterocycles. The zero-order valence-corrected chi connectivity index (χ0v) is 12.2. The van der Waals surface area contributed by atoms with Gasteiger partial charge in [0.2, 0.25) is 0 Å². The summed E-state index contributed by atoms with van der Waals surface area (Å²) in [5.41, 5.74) is -0.00304. The second kappa shape index (κ2) is 6.39. The topological polar surface area (TPSA) is 46.5 Å². The van der Waals surface area contributed by atoms with Gasteiger partial charge in [-0.15, -0.1) is 0 Å². The summed E-state index contributed by atoms with van der Waals surface area (Å²) in [7, 11) is 0. The molecule has 0 aliphatic heterocycles. The molecule has 3 nitrogen and oxygen atoms in total. The summed E-state index contributed by atoms with van der Waals surface area (Å²) in [6.07, 6.45) is 3.72. The van der Waals surface area contributed by atoms with Crippen LogP contribution in [0, 0.1) is 16.7 Å². The Labute approximate surface area is 105 Å². The van der Waals surface area contributed by atoms with E-state index in [1.807, 2.05) is 0 Å². The van der Waals surface area contributed by atoms with Crippen molar-refractivity contribution in [3.63, 3.8) is 0 Å². The van der Waals surface area contributed by atoms with Crippen LogP contribution >= 0.6 is 0 Å². The molecule has 0 radical (unpaired) electrons. The van der Waals surface area contributed by atoms with Gasteiger partial charge in [0.15, 0.2) is 0 Å². The minimum absolute atomic E-state index is 0.156. The summed E-state index contributed by atoms with van der Waals surface area (Å²) in [5, 5.41) is 8.62. The molecule has 1 unspecified atom stereocenters. The van der Waals surface area contributed by atoms with Crippen LogP contribution < -0.4 is 0 Å². The lowest BCUT2D eigenvalue weighted by Gasteiger charge is -2.37. The summed E-state index contributed by atoms with van der Waals surface area (Å²) in [5.74, 6) is -0.723. The molecule has 0 fully saturated rings. The normalized spacial score (nSPS) is 14.5. The van der Waals surface area contributed by atoms with E-state index < -0.39 is 5.97 Å². The van der Waals surface area contributed by atoms with E-state index >= 15 is 0 Å². The van der Waals surface area contributed by atoms with Gasteiger partial charge >= 0.3 is 5.97 Å². The van der Waals surface area contributed by atoms with Crippen LogP contribution in [-0.2, 0) is 9.68 Å². The van der Waals surface area contributed by atoms with Gasteiger partial charge in [0.05, 0.1) is 5.92 Å². The van der Waals surface area contributed by atoms with Crippen molar-refractivity contribution in [1.29, 1.82) is 0 Å². The summed E-state index contributed by atoms with van der Waals surface area (Å²) < 4.78 is 0. The van der Waals surface area contributed by atoms with Crippen molar-refractivity contribution in [3.8, 4) is 0 Å². The monoisotopic (exact) mass is 244 g/mol. The van der Waals surface area contributed by atoms with Gasteiger partial charge in [0.1, 0.15) is 0 Å². The predicted octanol–water partition coefficient (Wildman–Crippen LogP) is 4.27. The first-order valence-corrected chi connectivity index (χ1v) is 6.49. The van der Waals surface area contributed by atoms with Gasteiger partial charge in [-0.25, -0.2) is 4.79 Å². The highest BCUT2D eigenvalue weighted by Crippen LogP contribution is 2.41. The van der Waals surface area contributed by atoms with E-state index in [0.717, 1.165) is 25.7 Å². The third-order valence-electron chi connectivity index (χ3n) is 3.15. The minimum Gasteiger partial charge on any atom is -0.301 e. The van der Waals surface area contributed by atoms with E-state index in [1.54, 1.807) is 0 Å². The van der Waals surface area contributed by atoms with Gasteiger partial charge in [-0.1, -0.05) is 54.4 Å². The molecule has 0 amide bonds. The van der Waals surface area contributed by atoms with E-state index in [4.69, 9.17) is 5.26 Å². The fraction of sp³-hybridized carbons (Fsp3) is 0.929. The van der Waals surface area contributed by atoms with Crippen molar-refractivity contribution < 1.29 is 14.9 Å². The van der Waals surface area contributed by atoms with Crippen molar-refractivity contribution in [2.75, 3.05) is 0 Å². The largest absolute Gasteiger partial charge is 0.345 e. The van der Waals surface area contributed by atoms with Gasteiger partial charge in [-0.2, -0.15) is 5.26 Å². The molecular formula is C14H28O3. The van der Waals surface area contributed by atoms with Gasteiger partial charge in [0.25, 0.3) is 0 Å². The van der Waals surface area contributed by atoms with Crippen molar-refractivity contribution >= 4 is 5.97 Å². The number of rotatable bonds is 6. The van der Waals surface area contributed by atoms with Crippen LogP contribution in [0.3, 0.4) is 0 Å². The molecule has 0 aromatic heterocycles. The SMILES string of the molecule is CCCCC(C(=O)OO)C(C)(C)CC(C)(C)C. The van der Waals surface area contributed by atoms with Crippen LogP contribution in [0.4, 0.5) is 0 Å². The molecule has 0 saturated heterocycles. The fourth-order valence-electron chi connectivity index (χ4n) is 2.79. The summed E-state index contributed by atoms with van der Waals surface area (Å²) >= 11 is 0. The Morgan fingerprint density at radius 2 is 1.76 bits per heavy atom. The van der Waals surface area contributed by atoms with E-state index in [2.05, 4.69) is 46.4 Å². The van der Waals surface area contributed by atoms with Crippen LogP contribution in [0.1, 0.15) is 67.2 Å². The standard InChI is InChI=1S/C14H28O3/c1-7-8-9-11(12(15)17-16)14(5,6)10-13(2,3)4/h11,16H,7-10H2,1-6H3. The molecule has 3 heteroatoms. The molecule has 1 N–H and O–H groups in total. The zero-order chi connectivity index (χ0) is 13.7. The maximum atomic E-state index is 11.7. The quantitative estimate of drug-likeness (QED) is 0.560. The third-order valence-corrected chi connectivity index (χ3v) is 3.15. The first kappa shape index (κ1) is 16.4. The Morgan fingerprint density at radius 3 is 2.12 bits per heavy atom. The highest BCUT2D eigenvalue weighted by molar-refractivity contribution is 5.72. The molecule has 0 rings (SSSR count). The lowest BCUT2D eigenvalue weighted by atomic mass is 9.67. The van der Waals surface area contributed by atoms with Crippen LogP contribution in [0.5, 0.6) is 0 Å². The number of carbonyl (C=O) groups is 1. The summed E-state index contributed by atoms with van der Waals surface area (Å²) in [6.45, 7) is 12.7. The molecule has 0 bridgehead atoms. The molecule has 1 atom stereocenters. The average molecular weight is 244 g/mol. The van der Waals surface area contributed by atoms with E-state index in [-0.39, 0.29) is 16.7 Å². The zero-order valence-electron chi connectivity index (χ0n) is 12.2. The van der Waals surface area contributed by atoms with E-state index in [1.165, 1.54) is 0 Å². The van der Waals surface area contributed by atoms with Crippen LogP contribution in [0.2, 0.25) is 0 Å². The smallest absolute Gasteiger partial charge is 0.301 e. The Morgan fingerprint density at radius 1 is 1.24 bits per heavy atom.